The van der Waals surface area contributed by atoms with Crippen LogP contribution in [0.15, 0.2) is 36.4 Å². The number of nitriles is 1. The molecule has 1 aromatic heterocycles. The molecule has 3 aromatic rings. The van der Waals surface area contributed by atoms with E-state index in [0.717, 1.165) is 33.6 Å². The number of hydrogen-bond donors (Lipinski definition) is 1. The Bertz CT molecular complexity index is 1250. The first-order valence-electron chi connectivity index (χ1n) is 10.3. The zero-order valence-corrected chi connectivity index (χ0v) is 17.5. The summed E-state index contributed by atoms with van der Waals surface area (Å²) in [7, 11) is 1.58. The molecule has 8 heteroatoms. The van der Waals surface area contributed by atoms with Crippen LogP contribution in [0.3, 0.4) is 0 Å². The highest BCUT2D eigenvalue weighted by atomic mass is 16.5. The van der Waals surface area contributed by atoms with E-state index in [2.05, 4.69) is 16.3 Å². The minimum Gasteiger partial charge on any atom is -0.493 e. The third-order valence-electron chi connectivity index (χ3n) is 5.91. The minimum atomic E-state index is -0.152. The van der Waals surface area contributed by atoms with Crippen molar-refractivity contribution in [3.63, 3.8) is 0 Å². The number of benzene rings is 2. The van der Waals surface area contributed by atoms with Gasteiger partial charge in [-0.15, -0.1) is 0 Å². The summed E-state index contributed by atoms with van der Waals surface area (Å²) in [6.07, 6.45) is 1.22. The Morgan fingerprint density at radius 2 is 1.88 bits per heavy atom. The number of amides is 2. The van der Waals surface area contributed by atoms with Gasteiger partial charge in [0, 0.05) is 36.0 Å². The van der Waals surface area contributed by atoms with E-state index in [1.807, 2.05) is 24.3 Å². The van der Waals surface area contributed by atoms with Gasteiger partial charge in [0.2, 0.25) is 11.8 Å². The van der Waals surface area contributed by atoms with E-state index in [4.69, 9.17) is 14.7 Å². The first-order valence-corrected chi connectivity index (χ1v) is 10.3. The van der Waals surface area contributed by atoms with Crippen molar-refractivity contribution in [3.05, 3.63) is 53.1 Å². The van der Waals surface area contributed by atoms with Gasteiger partial charge in [-0.25, -0.2) is 0 Å². The second-order valence-corrected chi connectivity index (χ2v) is 7.74. The summed E-state index contributed by atoms with van der Waals surface area (Å²) in [6, 6.07) is 13.3. The Kier molecular flexibility index (Phi) is 4.86. The number of nitrogens with one attached hydrogen (secondary N) is 1. The molecule has 1 N–H and O–H groups in total. The highest BCUT2D eigenvalue weighted by Crippen LogP contribution is 2.44. The van der Waals surface area contributed by atoms with Crippen LogP contribution >= 0.6 is 0 Å². The number of imide groups is 1. The molecule has 0 atom stereocenters. The van der Waals surface area contributed by atoms with Gasteiger partial charge in [-0.2, -0.15) is 10.4 Å². The van der Waals surface area contributed by atoms with Gasteiger partial charge in [-0.05, 0) is 29.8 Å². The molecule has 0 radical (unpaired) electrons. The maximum Gasteiger partial charge on any atom is 0.229 e. The first-order chi connectivity index (χ1) is 15.6. The number of nitrogens with zero attached hydrogens (tertiary/aromatic N) is 3. The van der Waals surface area contributed by atoms with Gasteiger partial charge in [0.15, 0.2) is 11.5 Å². The molecule has 0 saturated carbocycles. The number of likely N-dealkylation sites (tertiary alicyclic amines) is 1. The molecule has 1 fully saturated rings. The van der Waals surface area contributed by atoms with Crippen molar-refractivity contribution >= 4 is 11.8 Å². The number of carbonyl (C=O) groups is 2. The summed E-state index contributed by atoms with van der Waals surface area (Å²) in [5.74, 6) is 0.843. The predicted octanol–water partition coefficient (Wildman–Crippen LogP) is 3.06. The van der Waals surface area contributed by atoms with E-state index in [-0.39, 0.29) is 37.8 Å². The van der Waals surface area contributed by atoms with E-state index < -0.39 is 0 Å². The zero-order valence-electron chi connectivity index (χ0n) is 17.5. The lowest BCUT2D eigenvalue weighted by molar-refractivity contribution is -0.138. The predicted molar refractivity (Wildman–Crippen MR) is 115 cm³/mol. The van der Waals surface area contributed by atoms with Crippen LogP contribution in [0.4, 0.5) is 0 Å². The third kappa shape index (κ3) is 3.28. The molecular formula is C24H20N4O4. The smallest absolute Gasteiger partial charge is 0.229 e. The molecule has 2 amide bonds. The Labute approximate surface area is 184 Å². The van der Waals surface area contributed by atoms with Crippen molar-refractivity contribution < 1.29 is 19.1 Å². The van der Waals surface area contributed by atoms with Gasteiger partial charge in [-0.3, -0.25) is 19.6 Å². The Morgan fingerprint density at radius 3 is 2.56 bits per heavy atom. The number of rotatable bonds is 6. The molecule has 1 saturated heterocycles. The summed E-state index contributed by atoms with van der Waals surface area (Å²) in [5.41, 5.74) is 6.50. The van der Waals surface area contributed by atoms with Crippen molar-refractivity contribution in [1.82, 2.24) is 15.1 Å². The lowest BCUT2D eigenvalue weighted by Crippen LogP contribution is -2.33. The highest BCUT2D eigenvalue weighted by molar-refractivity contribution is 6.01. The van der Waals surface area contributed by atoms with Gasteiger partial charge < -0.3 is 9.47 Å². The molecule has 2 heterocycles. The monoisotopic (exact) mass is 428 g/mol. The standard InChI is InChI=1S/C24H20N4O4/c1-31-19-12-17-16(11-20(19)32-9-8-28-21(29)6-7-22(28)30)10-18-23(26-27-24(17)18)15-4-2-14(13-25)3-5-15/h2-5,11-12H,6-10H2,1H3,(H,26,27). The second kappa shape index (κ2) is 7.85. The maximum absolute atomic E-state index is 11.8. The van der Waals surface area contributed by atoms with Gasteiger partial charge in [0.1, 0.15) is 6.61 Å². The van der Waals surface area contributed by atoms with Gasteiger partial charge in [-0.1, -0.05) is 12.1 Å². The van der Waals surface area contributed by atoms with E-state index in [0.29, 0.717) is 23.5 Å². The van der Waals surface area contributed by atoms with E-state index in [1.165, 1.54) is 4.90 Å². The van der Waals surface area contributed by atoms with Crippen LogP contribution in [-0.4, -0.2) is 47.2 Å². The van der Waals surface area contributed by atoms with E-state index in [9.17, 15) is 9.59 Å². The Balaban J connectivity index is 1.38. The van der Waals surface area contributed by atoms with Gasteiger partial charge >= 0.3 is 0 Å². The van der Waals surface area contributed by atoms with Crippen molar-refractivity contribution in [2.75, 3.05) is 20.3 Å². The summed E-state index contributed by atoms with van der Waals surface area (Å²) in [5, 5.41) is 16.7. The number of methoxy groups -OCH3 is 1. The Morgan fingerprint density at radius 1 is 1.12 bits per heavy atom. The first kappa shape index (κ1) is 19.8. The molecule has 2 aliphatic rings. The molecule has 1 aliphatic heterocycles. The average molecular weight is 428 g/mol. The molecule has 0 unspecified atom stereocenters. The zero-order chi connectivity index (χ0) is 22.2. The fraction of sp³-hybridized carbons (Fsp3) is 0.250. The number of hydrogen-bond acceptors (Lipinski definition) is 6. The topological polar surface area (TPSA) is 108 Å². The van der Waals surface area contributed by atoms with Crippen molar-refractivity contribution in [2.24, 2.45) is 0 Å². The fourth-order valence-corrected chi connectivity index (χ4v) is 4.26. The van der Waals surface area contributed by atoms with Crippen LogP contribution in [-0.2, 0) is 16.0 Å². The van der Waals surface area contributed by atoms with Crippen LogP contribution in [0.1, 0.15) is 29.5 Å². The van der Waals surface area contributed by atoms with Crippen molar-refractivity contribution in [3.8, 4) is 40.1 Å². The quantitative estimate of drug-likeness (QED) is 0.473. The summed E-state index contributed by atoms with van der Waals surface area (Å²) in [4.78, 5) is 24.8. The SMILES string of the molecule is COc1cc2c(cc1OCCN1C(=O)CCC1=O)Cc1c(-c3ccc(C#N)cc3)n[nH]c1-2. The second-order valence-electron chi connectivity index (χ2n) is 7.74. The van der Waals surface area contributed by atoms with Crippen LogP contribution in [0, 0.1) is 11.3 Å². The number of fused-ring (bicyclic) bond motifs is 3. The molecule has 1 aliphatic carbocycles. The lowest BCUT2D eigenvalue weighted by Gasteiger charge is -2.16. The molecule has 5 rings (SSSR count). The molecule has 8 nitrogen and oxygen atoms in total. The van der Waals surface area contributed by atoms with Crippen LogP contribution < -0.4 is 9.47 Å². The molecule has 160 valence electrons. The molecule has 2 aromatic carbocycles. The van der Waals surface area contributed by atoms with Crippen molar-refractivity contribution in [1.29, 1.82) is 5.26 Å². The average Bonchev–Trinajstić information content (AvgIpc) is 3.47. The molecule has 0 spiro atoms. The molecule has 32 heavy (non-hydrogen) atoms. The molecule has 0 bridgehead atoms. The summed E-state index contributed by atoms with van der Waals surface area (Å²) < 4.78 is 11.4. The number of carbonyl (C=O) groups excluding carboxylic acids is 2. The van der Waals surface area contributed by atoms with E-state index >= 15 is 0 Å². The number of aromatic nitrogens is 2. The normalized spacial score (nSPS) is 14.3. The summed E-state index contributed by atoms with van der Waals surface area (Å²) in [6.45, 7) is 0.430. The lowest BCUT2D eigenvalue weighted by atomic mass is 10.0. The van der Waals surface area contributed by atoms with Crippen LogP contribution in [0.25, 0.3) is 22.5 Å². The van der Waals surface area contributed by atoms with Crippen LogP contribution in [0.2, 0.25) is 0 Å². The van der Waals surface area contributed by atoms with Crippen LogP contribution in [0.5, 0.6) is 11.5 Å². The highest BCUT2D eigenvalue weighted by Gasteiger charge is 2.29. The summed E-state index contributed by atoms with van der Waals surface area (Å²) >= 11 is 0. The third-order valence-corrected chi connectivity index (χ3v) is 5.91. The maximum atomic E-state index is 11.8. The van der Waals surface area contributed by atoms with E-state index in [1.54, 1.807) is 19.2 Å². The number of aromatic amines is 1. The van der Waals surface area contributed by atoms with Crippen molar-refractivity contribution in [2.45, 2.75) is 19.3 Å². The van der Waals surface area contributed by atoms with Gasteiger partial charge in [0.05, 0.1) is 36.7 Å². The Hall–Kier alpha value is -4.12. The number of H-pyrrole nitrogens is 1. The largest absolute Gasteiger partial charge is 0.493 e. The fourth-order valence-electron chi connectivity index (χ4n) is 4.26. The molecular weight excluding hydrogens is 408 g/mol. The van der Waals surface area contributed by atoms with Gasteiger partial charge in [0.25, 0.3) is 0 Å². The minimum absolute atomic E-state index is 0.152. The number of ether oxygens (including phenoxy) is 2.